The molecule has 0 aromatic heterocycles. The number of rotatable bonds is 2. The predicted molar refractivity (Wildman–Crippen MR) is 102 cm³/mol. The first-order chi connectivity index (χ1) is 13.5. The summed E-state index contributed by atoms with van der Waals surface area (Å²) in [5.41, 5.74) is -0.371. The van der Waals surface area contributed by atoms with E-state index < -0.39 is 0 Å². The third-order valence-corrected chi connectivity index (χ3v) is 9.43. The minimum atomic E-state index is -0.371. The molecular formula is C24H30O4. The first-order valence-corrected chi connectivity index (χ1v) is 11.5. The molecule has 5 saturated carbocycles. The van der Waals surface area contributed by atoms with Crippen molar-refractivity contribution in [1.29, 1.82) is 0 Å². The highest BCUT2D eigenvalue weighted by Gasteiger charge is 2.70. The van der Waals surface area contributed by atoms with Crippen molar-refractivity contribution in [3.8, 4) is 0 Å². The highest BCUT2D eigenvalue weighted by atomic mass is 16.6. The van der Waals surface area contributed by atoms with Crippen molar-refractivity contribution >= 4 is 17.5 Å². The van der Waals surface area contributed by atoms with Gasteiger partial charge in [0.2, 0.25) is 0 Å². The van der Waals surface area contributed by atoms with Gasteiger partial charge >= 0.3 is 5.97 Å². The molecule has 6 aliphatic carbocycles. The number of carbonyl (C=O) groups is 3. The number of ketones is 2. The number of fused-ring (bicyclic) bond motifs is 10. The lowest BCUT2D eigenvalue weighted by molar-refractivity contribution is -0.174. The van der Waals surface area contributed by atoms with Gasteiger partial charge in [-0.2, -0.15) is 0 Å². The van der Waals surface area contributed by atoms with Gasteiger partial charge in [-0.05, 0) is 56.3 Å². The van der Waals surface area contributed by atoms with Crippen LogP contribution in [0.15, 0.2) is 12.2 Å². The van der Waals surface area contributed by atoms with E-state index in [9.17, 15) is 14.4 Å². The minimum absolute atomic E-state index is 0.0631. The molecule has 0 N–H and O–H groups in total. The Labute approximate surface area is 166 Å². The number of esters is 1. The predicted octanol–water partition coefficient (Wildman–Crippen LogP) is 3.73. The van der Waals surface area contributed by atoms with Crippen LogP contribution in [0.25, 0.3) is 0 Å². The molecule has 4 heteroatoms. The fourth-order valence-corrected chi connectivity index (χ4v) is 8.27. The van der Waals surface area contributed by atoms with Gasteiger partial charge in [-0.15, -0.1) is 0 Å². The maximum Gasteiger partial charge on any atom is 0.310 e. The Morgan fingerprint density at radius 2 is 1.71 bits per heavy atom. The molecule has 0 aromatic carbocycles. The Kier molecular flexibility index (Phi) is 3.60. The molecule has 4 bridgehead atoms. The van der Waals surface area contributed by atoms with E-state index in [0.717, 1.165) is 25.2 Å². The number of hydrogen-bond acceptors (Lipinski definition) is 4. The van der Waals surface area contributed by atoms with Crippen LogP contribution in [0.3, 0.4) is 0 Å². The fraction of sp³-hybridized carbons (Fsp3) is 0.792. The molecule has 6 rings (SSSR count). The molecule has 10 atom stereocenters. The van der Waals surface area contributed by atoms with Gasteiger partial charge in [-0.25, -0.2) is 0 Å². The van der Waals surface area contributed by atoms with Crippen molar-refractivity contribution in [3.63, 3.8) is 0 Å². The van der Waals surface area contributed by atoms with Crippen LogP contribution in [0.2, 0.25) is 0 Å². The Morgan fingerprint density at radius 3 is 2.50 bits per heavy atom. The monoisotopic (exact) mass is 382 g/mol. The zero-order chi connectivity index (χ0) is 19.2. The van der Waals surface area contributed by atoms with Gasteiger partial charge in [0.25, 0.3) is 0 Å². The minimum Gasteiger partial charge on any atom is -0.459 e. The molecule has 10 unspecified atom stereocenters. The van der Waals surface area contributed by atoms with E-state index >= 15 is 0 Å². The summed E-state index contributed by atoms with van der Waals surface area (Å²) in [6.45, 7) is 2.11. The van der Waals surface area contributed by atoms with E-state index in [1.54, 1.807) is 0 Å². The van der Waals surface area contributed by atoms with E-state index in [1.807, 2.05) is 12.2 Å². The van der Waals surface area contributed by atoms with Crippen LogP contribution in [-0.4, -0.2) is 23.1 Å². The zero-order valence-corrected chi connectivity index (χ0v) is 16.6. The number of carbonyl (C=O) groups excluding carboxylic acids is 3. The first-order valence-electron chi connectivity index (χ1n) is 11.5. The maximum atomic E-state index is 13.2. The van der Waals surface area contributed by atoms with Crippen molar-refractivity contribution in [2.24, 2.45) is 53.3 Å². The average Bonchev–Trinajstić information content (AvgIpc) is 3.38. The molecule has 5 fully saturated rings. The molecule has 0 radical (unpaired) electrons. The van der Waals surface area contributed by atoms with Crippen LogP contribution in [0.5, 0.6) is 0 Å². The van der Waals surface area contributed by atoms with Crippen LogP contribution < -0.4 is 0 Å². The lowest BCUT2D eigenvalue weighted by atomic mass is 9.66. The van der Waals surface area contributed by atoms with Gasteiger partial charge < -0.3 is 4.74 Å². The van der Waals surface area contributed by atoms with Gasteiger partial charge in [0.05, 0.1) is 5.92 Å². The van der Waals surface area contributed by atoms with Crippen molar-refractivity contribution in [2.45, 2.75) is 63.9 Å². The second-order valence-electron chi connectivity index (χ2n) is 10.8. The lowest BCUT2D eigenvalue weighted by Gasteiger charge is -2.45. The Hall–Kier alpha value is -1.45. The van der Waals surface area contributed by atoms with Gasteiger partial charge in [-0.3, -0.25) is 14.4 Å². The Balaban J connectivity index is 1.19. The van der Waals surface area contributed by atoms with E-state index in [0.29, 0.717) is 12.3 Å². The molecular weight excluding hydrogens is 352 g/mol. The summed E-state index contributed by atoms with van der Waals surface area (Å²) in [6, 6.07) is 0. The second-order valence-corrected chi connectivity index (χ2v) is 10.8. The molecule has 0 aliphatic heterocycles. The van der Waals surface area contributed by atoms with Crippen LogP contribution >= 0.6 is 0 Å². The topological polar surface area (TPSA) is 60.4 Å². The van der Waals surface area contributed by atoms with Crippen LogP contribution in [0.1, 0.15) is 58.3 Å². The smallest absolute Gasteiger partial charge is 0.310 e. The van der Waals surface area contributed by atoms with Crippen LogP contribution in [-0.2, 0) is 19.1 Å². The molecule has 0 saturated heterocycles. The first kappa shape index (κ1) is 17.4. The van der Waals surface area contributed by atoms with Crippen LogP contribution in [0.4, 0.5) is 0 Å². The van der Waals surface area contributed by atoms with Crippen molar-refractivity contribution in [3.05, 3.63) is 12.2 Å². The summed E-state index contributed by atoms with van der Waals surface area (Å²) in [5.74, 6) is 1.22. The summed E-state index contributed by atoms with van der Waals surface area (Å²) in [5, 5.41) is 0. The molecule has 28 heavy (non-hydrogen) atoms. The average molecular weight is 383 g/mol. The fourth-order valence-electron chi connectivity index (χ4n) is 8.27. The summed E-state index contributed by atoms with van der Waals surface area (Å²) in [7, 11) is 0. The molecule has 0 amide bonds. The van der Waals surface area contributed by atoms with Crippen molar-refractivity contribution in [1.82, 2.24) is 0 Å². The largest absolute Gasteiger partial charge is 0.459 e. The van der Waals surface area contributed by atoms with E-state index in [1.165, 1.54) is 25.7 Å². The van der Waals surface area contributed by atoms with Gasteiger partial charge in [0, 0.05) is 23.7 Å². The number of ether oxygens (including phenoxy) is 1. The van der Waals surface area contributed by atoms with Crippen molar-refractivity contribution in [2.75, 3.05) is 0 Å². The van der Waals surface area contributed by atoms with Gasteiger partial charge in [0.1, 0.15) is 17.2 Å². The molecule has 0 aromatic rings. The lowest BCUT2D eigenvalue weighted by Crippen LogP contribution is -2.44. The van der Waals surface area contributed by atoms with Gasteiger partial charge in [-0.1, -0.05) is 37.8 Å². The highest BCUT2D eigenvalue weighted by Crippen LogP contribution is 2.64. The SMILES string of the molecule is CC1(OC(=O)C2CC3C(=O)C2C2C4C=CC(C4=O)C32)CCC2CCCCC2C1. The molecule has 0 heterocycles. The molecule has 150 valence electrons. The Morgan fingerprint density at radius 1 is 1.00 bits per heavy atom. The van der Waals surface area contributed by atoms with Gasteiger partial charge in [0.15, 0.2) is 0 Å². The van der Waals surface area contributed by atoms with Crippen molar-refractivity contribution < 1.29 is 19.1 Å². The van der Waals surface area contributed by atoms with Crippen LogP contribution in [0, 0.1) is 53.3 Å². The number of Topliss-reactive ketones (excluding diaryl/α,β-unsaturated/α-hetero) is 2. The molecule has 6 aliphatic rings. The maximum absolute atomic E-state index is 13.2. The zero-order valence-electron chi connectivity index (χ0n) is 16.6. The number of hydrogen-bond donors (Lipinski definition) is 0. The highest BCUT2D eigenvalue weighted by molar-refractivity contribution is 6.01. The van der Waals surface area contributed by atoms with E-state index in [2.05, 4.69) is 6.92 Å². The summed E-state index contributed by atoms with van der Waals surface area (Å²) in [6.07, 6.45) is 13.0. The second kappa shape index (κ2) is 5.79. The quantitative estimate of drug-likeness (QED) is 0.415. The normalized spacial score (nSPS) is 53.4. The standard InChI is InChI=1S/C24H30O4/c1-24(9-8-12-4-2-3-5-13(12)11-24)28-23(27)17-10-16-18-14-6-7-15(21(14)25)19(18)20(17)22(16)26/h6-7,12-20H,2-5,8-11H2,1H3. The third-order valence-electron chi connectivity index (χ3n) is 9.43. The third kappa shape index (κ3) is 2.21. The summed E-state index contributed by atoms with van der Waals surface area (Å²) >= 11 is 0. The Bertz CT molecular complexity index is 783. The summed E-state index contributed by atoms with van der Waals surface area (Å²) < 4.78 is 6.17. The van der Waals surface area contributed by atoms with E-state index in [-0.39, 0.29) is 64.6 Å². The number of allylic oxidation sites excluding steroid dienone is 2. The summed E-state index contributed by atoms with van der Waals surface area (Å²) in [4.78, 5) is 38.6. The molecule has 4 nitrogen and oxygen atoms in total. The molecule has 0 spiro atoms. The van der Waals surface area contributed by atoms with E-state index in [4.69, 9.17) is 4.74 Å².